The lowest BCUT2D eigenvalue weighted by atomic mass is 9.78. The highest BCUT2D eigenvalue weighted by Crippen LogP contribution is 2.37. The van der Waals surface area contributed by atoms with Crippen LogP contribution in [-0.4, -0.2) is 54.8 Å². The third kappa shape index (κ3) is 4.05. The first-order chi connectivity index (χ1) is 11.6. The zero-order valence-electron chi connectivity index (χ0n) is 16.0. The quantitative estimate of drug-likeness (QED) is 0.775. The Labute approximate surface area is 167 Å². The first-order valence-electron chi connectivity index (χ1n) is 8.78. The van der Waals surface area contributed by atoms with E-state index in [2.05, 4.69) is 12.2 Å². The fourth-order valence-electron chi connectivity index (χ4n) is 3.12. The number of nitrogens with one attached hydrogen (secondary N) is 1. The fourth-order valence-corrected chi connectivity index (χ4v) is 3.39. The maximum atomic E-state index is 12.7. The largest absolute Gasteiger partial charge is 0.496 e. The van der Waals surface area contributed by atoms with E-state index in [-0.39, 0.29) is 18.3 Å². The second-order valence-corrected chi connectivity index (χ2v) is 8.34. The zero-order chi connectivity index (χ0) is 18.4. The normalized spacial score (nSPS) is 24.3. The highest BCUT2D eigenvalue weighted by atomic mass is 35.5. The van der Waals surface area contributed by atoms with E-state index in [1.165, 1.54) is 0 Å². The molecule has 0 unspecified atom stereocenters. The molecule has 144 valence electrons. The van der Waals surface area contributed by atoms with Crippen molar-refractivity contribution in [1.29, 1.82) is 0 Å². The fraction of sp³-hybridized carbons (Fsp3) is 0.611. The molecule has 0 radical (unpaired) electrons. The van der Waals surface area contributed by atoms with E-state index in [9.17, 15) is 4.79 Å². The molecule has 0 saturated carbocycles. The Morgan fingerprint density at radius 1 is 1.27 bits per heavy atom. The molecule has 2 aliphatic heterocycles. The minimum absolute atomic E-state index is 0. The molecule has 2 aliphatic rings. The van der Waals surface area contributed by atoms with E-state index in [0.29, 0.717) is 29.7 Å². The van der Waals surface area contributed by atoms with Gasteiger partial charge in [-0.05, 0) is 46.8 Å². The molecule has 0 aromatic heterocycles. The van der Waals surface area contributed by atoms with Gasteiger partial charge in [0.25, 0.3) is 5.91 Å². The molecule has 1 N–H and O–H groups in total. The van der Waals surface area contributed by atoms with Crippen molar-refractivity contribution in [3.63, 3.8) is 0 Å². The zero-order valence-corrected chi connectivity index (χ0v) is 17.5. The second kappa shape index (κ2) is 7.68. The van der Waals surface area contributed by atoms with Gasteiger partial charge in [-0.3, -0.25) is 4.79 Å². The molecule has 1 atom stereocenters. The Morgan fingerprint density at radius 2 is 1.88 bits per heavy atom. The average Bonchev–Trinajstić information content (AvgIpc) is 2.74. The molecule has 5 nitrogen and oxygen atoms in total. The van der Waals surface area contributed by atoms with Crippen LogP contribution in [0.2, 0.25) is 5.02 Å². The lowest BCUT2D eigenvalue weighted by Gasteiger charge is -2.32. The van der Waals surface area contributed by atoms with Crippen LogP contribution in [0.25, 0.3) is 0 Å². The number of piperazine rings is 1. The van der Waals surface area contributed by atoms with Crippen molar-refractivity contribution in [3.05, 3.63) is 28.8 Å². The van der Waals surface area contributed by atoms with Crippen molar-refractivity contribution >= 4 is 42.5 Å². The van der Waals surface area contributed by atoms with Crippen LogP contribution < -0.4 is 10.8 Å². The van der Waals surface area contributed by atoms with Crippen molar-refractivity contribution in [2.24, 2.45) is 0 Å². The molecule has 0 bridgehead atoms. The van der Waals surface area contributed by atoms with Crippen LogP contribution in [0, 0.1) is 0 Å². The minimum atomic E-state index is -0.527. The summed E-state index contributed by atoms with van der Waals surface area (Å²) in [5, 5.41) is 3.83. The van der Waals surface area contributed by atoms with Gasteiger partial charge in [0, 0.05) is 41.7 Å². The van der Waals surface area contributed by atoms with Crippen LogP contribution in [0.15, 0.2) is 18.2 Å². The summed E-state index contributed by atoms with van der Waals surface area (Å²) in [7, 11) is -0.527. The summed E-state index contributed by atoms with van der Waals surface area (Å²) in [6.45, 7) is 12.3. The Balaban J connectivity index is 0.00000243. The third-order valence-corrected chi connectivity index (χ3v) is 5.74. The topological polar surface area (TPSA) is 50.8 Å². The summed E-state index contributed by atoms with van der Waals surface area (Å²) >= 11 is 6.46. The molecule has 1 amide bonds. The summed E-state index contributed by atoms with van der Waals surface area (Å²) in [5.74, 6) is 0.00992. The van der Waals surface area contributed by atoms with Crippen molar-refractivity contribution in [3.8, 4) is 0 Å². The number of amides is 1. The third-order valence-electron chi connectivity index (χ3n) is 5.41. The van der Waals surface area contributed by atoms with Crippen LogP contribution in [-0.2, 0) is 9.31 Å². The standard InChI is InChI=1S/C18H26BClN2O3.ClH/c1-12-11-22(9-8-21-12)16(23)13-6-7-14(15(20)10-13)19-24-17(2,3)18(4,5)25-19;/h6-7,10,12,21H,8-9,11H2,1-5H3;1H/t12-;/m0./s1. The smallest absolute Gasteiger partial charge is 0.399 e. The van der Waals surface area contributed by atoms with Gasteiger partial charge in [0.15, 0.2) is 0 Å². The molecule has 2 saturated heterocycles. The first-order valence-corrected chi connectivity index (χ1v) is 9.16. The Bertz CT molecular complexity index is 668. The highest BCUT2D eigenvalue weighted by Gasteiger charge is 2.52. The van der Waals surface area contributed by atoms with Gasteiger partial charge in [0.05, 0.1) is 11.2 Å². The molecule has 3 rings (SSSR count). The summed E-state index contributed by atoms with van der Waals surface area (Å²) in [6.07, 6.45) is 0. The predicted octanol–water partition coefficient (Wildman–Crippen LogP) is 2.49. The van der Waals surface area contributed by atoms with Crippen LogP contribution in [0.3, 0.4) is 0 Å². The molecule has 2 fully saturated rings. The van der Waals surface area contributed by atoms with E-state index in [0.717, 1.165) is 12.0 Å². The van der Waals surface area contributed by atoms with E-state index >= 15 is 0 Å². The van der Waals surface area contributed by atoms with Crippen LogP contribution >= 0.6 is 24.0 Å². The highest BCUT2D eigenvalue weighted by molar-refractivity contribution is 6.65. The van der Waals surface area contributed by atoms with Gasteiger partial charge in [-0.25, -0.2) is 0 Å². The van der Waals surface area contributed by atoms with Gasteiger partial charge >= 0.3 is 7.12 Å². The van der Waals surface area contributed by atoms with Crippen LogP contribution in [0.1, 0.15) is 45.0 Å². The number of benzene rings is 1. The Hall–Kier alpha value is -0.785. The average molecular weight is 401 g/mol. The summed E-state index contributed by atoms with van der Waals surface area (Å²) in [5.41, 5.74) is 0.503. The van der Waals surface area contributed by atoms with Gasteiger partial charge < -0.3 is 19.5 Å². The summed E-state index contributed by atoms with van der Waals surface area (Å²) < 4.78 is 12.1. The number of carbonyl (C=O) groups is 1. The summed E-state index contributed by atoms with van der Waals surface area (Å²) in [4.78, 5) is 14.6. The molecule has 8 heteroatoms. The van der Waals surface area contributed by atoms with E-state index in [1.807, 2.05) is 38.7 Å². The van der Waals surface area contributed by atoms with Gasteiger partial charge in [-0.2, -0.15) is 0 Å². The predicted molar refractivity (Wildman–Crippen MR) is 108 cm³/mol. The number of hydrogen-bond donors (Lipinski definition) is 1. The lowest BCUT2D eigenvalue weighted by Crippen LogP contribution is -2.51. The Kier molecular flexibility index (Phi) is 6.36. The number of hydrogen-bond acceptors (Lipinski definition) is 4. The second-order valence-electron chi connectivity index (χ2n) is 7.93. The summed E-state index contributed by atoms with van der Waals surface area (Å²) in [6, 6.07) is 5.67. The molecule has 2 heterocycles. The van der Waals surface area contributed by atoms with Gasteiger partial charge in [-0.1, -0.05) is 17.7 Å². The molecule has 0 spiro atoms. The van der Waals surface area contributed by atoms with E-state index in [4.69, 9.17) is 20.9 Å². The molecule has 26 heavy (non-hydrogen) atoms. The maximum Gasteiger partial charge on any atom is 0.496 e. The van der Waals surface area contributed by atoms with Gasteiger partial charge in [0.2, 0.25) is 0 Å². The lowest BCUT2D eigenvalue weighted by molar-refractivity contribution is 0.00578. The molecule has 0 aliphatic carbocycles. The maximum absolute atomic E-state index is 12.7. The van der Waals surface area contributed by atoms with Crippen LogP contribution in [0.4, 0.5) is 0 Å². The molecular formula is C18H27BCl2N2O3. The van der Waals surface area contributed by atoms with Gasteiger partial charge in [-0.15, -0.1) is 12.4 Å². The number of halogens is 2. The number of carbonyl (C=O) groups excluding carboxylic acids is 1. The number of nitrogens with zero attached hydrogens (tertiary/aromatic N) is 1. The van der Waals surface area contributed by atoms with Crippen molar-refractivity contribution in [2.75, 3.05) is 19.6 Å². The Morgan fingerprint density at radius 3 is 2.42 bits per heavy atom. The SMILES string of the molecule is C[C@H]1CN(C(=O)c2ccc(B3OC(C)(C)C(C)(C)O3)c(Cl)c2)CCN1.Cl. The number of rotatable bonds is 2. The molecule has 1 aromatic carbocycles. The van der Waals surface area contributed by atoms with E-state index in [1.54, 1.807) is 12.1 Å². The monoisotopic (exact) mass is 400 g/mol. The first kappa shape index (κ1) is 21.5. The van der Waals surface area contributed by atoms with Crippen molar-refractivity contribution in [2.45, 2.75) is 51.9 Å². The van der Waals surface area contributed by atoms with Crippen LogP contribution in [0.5, 0.6) is 0 Å². The molecule has 1 aromatic rings. The van der Waals surface area contributed by atoms with Crippen molar-refractivity contribution in [1.82, 2.24) is 10.2 Å². The minimum Gasteiger partial charge on any atom is -0.399 e. The van der Waals surface area contributed by atoms with Gasteiger partial charge in [0.1, 0.15) is 0 Å². The van der Waals surface area contributed by atoms with E-state index < -0.39 is 18.3 Å². The molecular weight excluding hydrogens is 374 g/mol. The van der Waals surface area contributed by atoms with Crippen molar-refractivity contribution < 1.29 is 14.1 Å².